The van der Waals surface area contributed by atoms with Crippen LogP contribution < -0.4 is 9.64 Å². The average molecular weight is 379 g/mol. The van der Waals surface area contributed by atoms with Crippen molar-refractivity contribution in [2.45, 2.75) is 26.3 Å². The largest absolute Gasteiger partial charge is 0.496 e. The van der Waals surface area contributed by atoms with Gasteiger partial charge in [-0.2, -0.15) is 5.26 Å². The lowest BCUT2D eigenvalue weighted by Crippen LogP contribution is -2.42. The monoisotopic (exact) mass is 378 g/mol. The normalized spacial score (nSPS) is 15.7. The number of halogens is 1. The number of fused-ring (bicyclic) bond motifs is 1. The van der Waals surface area contributed by atoms with E-state index < -0.39 is 0 Å². The molecule has 0 saturated heterocycles. The smallest absolute Gasteiger partial charge is 0.128 e. The number of methoxy groups -OCH3 is 1. The quantitative estimate of drug-likeness (QED) is 0.482. The minimum atomic E-state index is -0.0689. The van der Waals surface area contributed by atoms with Gasteiger partial charge >= 0.3 is 0 Å². The molecule has 0 radical (unpaired) electrons. The van der Waals surface area contributed by atoms with Crippen LogP contribution in [-0.4, -0.2) is 19.7 Å². The third kappa shape index (κ3) is 3.59. The van der Waals surface area contributed by atoms with Crippen molar-refractivity contribution >= 4 is 34.5 Å². The lowest BCUT2D eigenvalue weighted by atomic mass is 9.88. The molecule has 0 bridgehead atoms. The van der Waals surface area contributed by atoms with Crippen molar-refractivity contribution in [2.24, 2.45) is 0 Å². The van der Waals surface area contributed by atoms with Gasteiger partial charge in [-0.3, -0.25) is 0 Å². The molecule has 0 spiro atoms. The number of hydrogen-bond donors (Lipinski definition) is 0. The van der Waals surface area contributed by atoms with Gasteiger partial charge in [-0.05, 0) is 56.2 Å². The predicted molar refractivity (Wildman–Crippen MR) is 114 cm³/mol. The van der Waals surface area contributed by atoms with E-state index in [1.807, 2.05) is 18.2 Å². The molecule has 0 fully saturated rings. The van der Waals surface area contributed by atoms with Crippen LogP contribution in [0.15, 0.2) is 42.5 Å². The summed E-state index contributed by atoms with van der Waals surface area (Å²) in [6.07, 6.45) is 4.13. The average Bonchev–Trinajstić information content (AvgIpc) is 2.64. The van der Waals surface area contributed by atoms with Crippen LogP contribution in [0.5, 0.6) is 5.75 Å². The first-order valence-electron chi connectivity index (χ1n) is 8.80. The summed E-state index contributed by atoms with van der Waals surface area (Å²) in [5.74, 6) is 0.743. The highest BCUT2D eigenvalue weighted by Gasteiger charge is 2.29. The van der Waals surface area contributed by atoms with Crippen LogP contribution in [0, 0.1) is 11.3 Å². The maximum Gasteiger partial charge on any atom is 0.128 e. The first-order valence-corrected chi connectivity index (χ1v) is 9.18. The second kappa shape index (κ2) is 7.13. The van der Waals surface area contributed by atoms with Gasteiger partial charge in [-0.15, -0.1) is 0 Å². The number of likely N-dealkylation sites (N-methyl/N-ethyl adjacent to an activating group) is 1. The third-order valence-corrected chi connectivity index (χ3v) is 5.40. The van der Waals surface area contributed by atoms with Crippen molar-refractivity contribution in [3.8, 4) is 11.8 Å². The summed E-state index contributed by atoms with van der Waals surface area (Å²) in [6, 6.07) is 13.7. The maximum absolute atomic E-state index is 9.66. The van der Waals surface area contributed by atoms with Crippen LogP contribution in [-0.2, 0) is 0 Å². The third-order valence-electron chi connectivity index (χ3n) is 5.14. The fourth-order valence-electron chi connectivity index (χ4n) is 3.45. The van der Waals surface area contributed by atoms with Crippen molar-refractivity contribution < 1.29 is 4.74 Å². The van der Waals surface area contributed by atoms with Gasteiger partial charge in [0.25, 0.3) is 0 Å². The topological polar surface area (TPSA) is 36.3 Å². The van der Waals surface area contributed by atoms with Gasteiger partial charge in [0.1, 0.15) is 5.75 Å². The van der Waals surface area contributed by atoms with Crippen LogP contribution in [0.25, 0.3) is 17.2 Å². The molecule has 0 saturated carbocycles. The van der Waals surface area contributed by atoms with Gasteiger partial charge in [-0.1, -0.05) is 29.8 Å². The van der Waals surface area contributed by atoms with E-state index in [0.717, 1.165) is 28.1 Å². The van der Waals surface area contributed by atoms with Crippen molar-refractivity contribution in [1.29, 1.82) is 5.26 Å². The molecule has 1 aliphatic rings. The van der Waals surface area contributed by atoms with Crippen LogP contribution in [0.4, 0.5) is 5.69 Å². The molecule has 0 amide bonds. The Kier molecular flexibility index (Phi) is 5.04. The fraction of sp³-hybridized carbons (Fsp3) is 0.261. The zero-order valence-electron chi connectivity index (χ0n) is 16.3. The Morgan fingerprint density at radius 3 is 2.48 bits per heavy atom. The molecule has 2 aromatic carbocycles. The molecule has 2 aromatic rings. The molecule has 3 nitrogen and oxygen atoms in total. The Morgan fingerprint density at radius 2 is 1.89 bits per heavy atom. The van der Waals surface area contributed by atoms with E-state index in [2.05, 4.69) is 57.0 Å². The van der Waals surface area contributed by atoms with Crippen LogP contribution in [0.3, 0.4) is 0 Å². The van der Waals surface area contributed by atoms with E-state index in [1.165, 1.54) is 5.57 Å². The van der Waals surface area contributed by atoms with Gasteiger partial charge in [0.2, 0.25) is 0 Å². The highest BCUT2D eigenvalue weighted by atomic mass is 35.5. The van der Waals surface area contributed by atoms with E-state index in [0.29, 0.717) is 10.6 Å². The summed E-state index contributed by atoms with van der Waals surface area (Å²) in [7, 11) is 3.75. The molecule has 3 rings (SSSR count). The summed E-state index contributed by atoms with van der Waals surface area (Å²) in [5.41, 5.74) is 5.69. The van der Waals surface area contributed by atoms with Gasteiger partial charge in [0, 0.05) is 35.0 Å². The number of nitriles is 1. The second-order valence-electron chi connectivity index (χ2n) is 7.33. The second-order valence-corrected chi connectivity index (χ2v) is 7.76. The van der Waals surface area contributed by atoms with Gasteiger partial charge < -0.3 is 9.64 Å². The molecule has 1 heterocycles. The molecule has 138 valence electrons. The summed E-state index contributed by atoms with van der Waals surface area (Å²) in [4.78, 5) is 2.25. The minimum Gasteiger partial charge on any atom is -0.496 e. The number of rotatable bonds is 3. The molecule has 1 aliphatic heterocycles. The van der Waals surface area contributed by atoms with E-state index in [4.69, 9.17) is 16.3 Å². The molecule has 0 atom stereocenters. The van der Waals surface area contributed by atoms with Crippen molar-refractivity contribution in [3.63, 3.8) is 0 Å². The minimum absolute atomic E-state index is 0.0689. The van der Waals surface area contributed by atoms with Gasteiger partial charge in [0.05, 0.1) is 24.3 Å². The number of allylic oxidation sites excluding steroid dienone is 2. The molecule has 4 heteroatoms. The standard InChI is InChI=1S/C23H23ClN2O/c1-15-13-23(2,3)26(4)21-12-22(27-5)17(11-20(15)21)10-18(14-25)16-6-8-19(24)9-7-16/h6-13H,1-5H3/b18-10+. The molecular weight excluding hydrogens is 356 g/mol. The summed E-state index contributed by atoms with van der Waals surface area (Å²) in [6.45, 7) is 6.50. The lowest BCUT2D eigenvalue weighted by molar-refractivity contribution is 0.413. The van der Waals surface area contributed by atoms with Crippen LogP contribution in [0.1, 0.15) is 37.5 Å². The highest BCUT2D eigenvalue weighted by molar-refractivity contribution is 6.30. The Bertz CT molecular complexity index is 979. The summed E-state index contributed by atoms with van der Waals surface area (Å²) < 4.78 is 5.64. The van der Waals surface area contributed by atoms with Gasteiger partial charge in [-0.25, -0.2) is 0 Å². The molecule has 0 aliphatic carbocycles. The lowest BCUT2D eigenvalue weighted by Gasteiger charge is -2.41. The number of anilines is 1. The van der Waals surface area contributed by atoms with Gasteiger partial charge in [0.15, 0.2) is 0 Å². The molecule has 0 unspecified atom stereocenters. The number of nitrogens with zero attached hydrogens (tertiary/aromatic N) is 2. The van der Waals surface area contributed by atoms with Crippen LogP contribution in [0.2, 0.25) is 5.02 Å². The van der Waals surface area contributed by atoms with Crippen molar-refractivity contribution in [3.05, 3.63) is 64.2 Å². The Morgan fingerprint density at radius 1 is 1.22 bits per heavy atom. The first-order chi connectivity index (χ1) is 12.8. The number of benzene rings is 2. The Balaban J connectivity index is 2.16. The highest BCUT2D eigenvalue weighted by Crippen LogP contribution is 2.42. The summed E-state index contributed by atoms with van der Waals surface area (Å²) >= 11 is 5.97. The van der Waals surface area contributed by atoms with Crippen molar-refractivity contribution in [1.82, 2.24) is 0 Å². The molecule has 0 N–H and O–H groups in total. The number of ether oxygens (including phenoxy) is 1. The Hall–Kier alpha value is -2.70. The van der Waals surface area contributed by atoms with E-state index >= 15 is 0 Å². The van der Waals surface area contributed by atoms with E-state index in [-0.39, 0.29) is 5.54 Å². The first kappa shape index (κ1) is 19.1. The predicted octanol–water partition coefficient (Wildman–Crippen LogP) is 6.04. The van der Waals surface area contributed by atoms with Crippen molar-refractivity contribution in [2.75, 3.05) is 19.1 Å². The zero-order chi connectivity index (χ0) is 19.8. The summed E-state index contributed by atoms with van der Waals surface area (Å²) in [5, 5.41) is 10.3. The molecule has 27 heavy (non-hydrogen) atoms. The SMILES string of the molecule is COc1cc2c(cc1/C=C(\C#N)c1ccc(Cl)cc1)C(C)=CC(C)(C)N2C. The fourth-order valence-corrected chi connectivity index (χ4v) is 3.57. The van der Waals surface area contributed by atoms with E-state index in [1.54, 1.807) is 19.2 Å². The maximum atomic E-state index is 9.66. The Labute approximate surface area is 166 Å². The molecular formula is C23H23ClN2O. The molecule has 0 aromatic heterocycles. The van der Waals surface area contributed by atoms with E-state index in [9.17, 15) is 5.26 Å². The zero-order valence-corrected chi connectivity index (χ0v) is 17.1. The number of hydrogen-bond acceptors (Lipinski definition) is 3. The van der Waals surface area contributed by atoms with Crippen LogP contribution >= 0.6 is 11.6 Å².